The van der Waals surface area contributed by atoms with E-state index in [0.29, 0.717) is 13.2 Å². The molecule has 3 rings (SSSR count). The lowest BCUT2D eigenvalue weighted by Gasteiger charge is -2.17. The summed E-state index contributed by atoms with van der Waals surface area (Å²) in [6, 6.07) is 12.2. The molecule has 0 saturated heterocycles. The van der Waals surface area contributed by atoms with Gasteiger partial charge in [0.15, 0.2) is 0 Å². The molecule has 5 nitrogen and oxygen atoms in total. The highest BCUT2D eigenvalue weighted by Crippen LogP contribution is 2.29. The third kappa shape index (κ3) is 4.09. The predicted octanol–water partition coefficient (Wildman–Crippen LogP) is 3.47. The zero-order valence-electron chi connectivity index (χ0n) is 13.2. The Morgan fingerprint density at radius 2 is 2.17 bits per heavy atom. The summed E-state index contributed by atoms with van der Waals surface area (Å²) >= 11 is 0. The molecule has 0 saturated carbocycles. The van der Waals surface area contributed by atoms with E-state index in [-0.39, 0.29) is 0 Å². The molecule has 0 fully saturated rings. The predicted molar refractivity (Wildman–Crippen MR) is 92.1 cm³/mol. The normalized spacial score (nSPS) is 14.2. The highest BCUT2D eigenvalue weighted by Gasteiger charge is 2.10. The monoisotopic (exact) mass is 311 g/mol. The van der Waals surface area contributed by atoms with Gasteiger partial charge in [-0.15, -0.1) is 0 Å². The number of ether oxygens (including phenoxy) is 1. The van der Waals surface area contributed by atoms with E-state index in [1.165, 1.54) is 11.1 Å². The molecule has 1 aromatic heterocycles. The van der Waals surface area contributed by atoms with Crippen LogP contribution in [0.1, 0.15) is 17.7 Å². The summed E-state index contributed by atoms with van der Waals surface area (Å²) < 4.78 is 5.39. The van der Waals surface area contributed by atoms with Crippen LogP contribution >= 0.6 is 0 Å². The molecular weight excluding hydrogens is 290 g/mol. The number of hydrogen-bond acceptors (Lipinski definition) is 5. The molecule has 0 spiro atoms. The van der Waals surface area contributed by atoms with E-state index in [1.807, 2.05) is 24.3 Å². The Kier molecular flexibility index (Phi) is 5.24. The number of hydrogen-bond donors (Lipinski definition) is 2. The molecule has 0 aliphatic carbocycles. The standard InChI is InChI=1S/C18H21N3O2/c1-22-21-17-6-5-15(14-7-10-23-11-8-14)12-18(17)20-13-16-4-2-3-9-19-16/h2-7,9,12,20-21H,8,10-11,13H2,1H3. The maximum absolute atomic E-state index is 5.39. The first-order valence-electron chi connectivity index (χ1n) is 7.71. The summed E-state index contributed by atoms with van der Waals surface area (Å²) in [7, 11) is 1.61. The minimum Gasteiger partial charge on any atom is -0.378 e. The molecular formula is C18H21N3O2. The van der Waals surface area contributed by atoms with Crippen LogP contribution in [0.5, 0.6) is 0 Å². The van der Waals surface area contributed by atoms with Crippen LogP contribution in [-0.2, 0) is 16.1 Å². The Morgan fingerprint density at radius 1 is 1.22 bits per heavy atom. The average Bonchev–Trinajstić information content (AvgIpc) is 2.63. The maximum atomic E-state index is 5.39. The van der Waals surface area contributed by atoms with Crippen molar-refractivity contribution in [2.24, 2.45) is 0 Å². The SMILES string of the molecule is CONc1ccc(C2=CCOCC2)cc1NCc1ccccn1. The van der Waals surface area contributed by atoms with Crippen LogP contribution in [0.3, 0.4) is 0 Å². The molecule has 2 aromatic rings. The fraction of sp³-hybridized carbons (Fsp3) is 0.278. The van der Waals surface area contributed by atoms with Gasteiger partial charge in [-0.05, 0) is 41.8 Å². The molecule has 0 radical (unpaired) electrons. The number of pyridine rings is 1. The second-order valence-electron chi connectivity index (χ2n) is 5.30. The van der Waals surface area contributed by atoms with Crippen molar-refractivity contribution in [1.82, 2.24) is 4.98 Å². The van der Waals surface area contributed by atoms with E-state index < -0.39 is 0 Å². The molecule has 0 amide bonds. The average molecular weight is 311 g/mol. The van der Waals surface area contributed by atoms with Gasteiger partial charge in [-0.1, -0.05) is 18.2 Å². The highest BCUT2D eigenvalue weighted by atomic mass is 16.6. The molecule has 5 heteroatoms. The first kappa shape index (κ1) is 15.5. The van der Waals surface area contributed by atoms with Gasteiger partial charge >= 0.3 is 0 Å². The van der Waals surface area contributed by atoms with Crippen LogP contribution in [0.4, 0.5) is 11.4 Å². The van der Waals surface area contributed by atoms with E-state index >= 15 is 0 Å². The highest BCUT2D eigenvalue weighted by molar-refractivity contribution is 5.76. The van der Waals surface area contributed by atoms with Gasteiger partial charge in [0.25, 0.3) is 0 Å². The molecule has 0 unspecified atom stereocenters. The summed E-state index contributed by atoms with van der Waals surface area (Å²) in [6.45, 7) is 2.12. The van der Waals surface area contributed by atoms with Crippen molar-refractivity contribution in [3.63, 3.8) is 0 Å². The van der Waals surface area contributed by atoms with Gasteiger partial charge < -0.3 is 10.1 Å². The van der Waals surface area contributed by atoms with E-state index in [4.69, 9.17) is 9.57 Å². The quantitative estimate of drug-likeness (QED) is 0.800. The molecule has 2 heterocycles. The smallest absolute Gasteiger partial charge is 0.0836 e. The number of benzene rings is 1. The van der Waals surface area contributed by atoms with E-state index in [2.05, 4.69) is 34.0 Å². The number of rotatable bonds is 6. The molecule has 1 aliphatic rings. The summed E-state index contributed by atoms with van der Waals surface area (Å²) in [6.07, 6.45) is 4.89. The lowest BCUT2D eigenvalue weighted by Crippen LogP contribution is -2.07. The van der Waals surface area contributed by atoms with E-state index in [9.17, 15) is 0 Å². The minimum atomic E-state index is 0.658. The summed E-state index contributed by atoms with van der Waals surface area (Å²) in [5.41, 5.74) is 8.33. The van der Waals surface area contributed by atoms with Gasteiger partial charge in [0, 0.05) is 6.20 Å². The van der Waals surface area contributed by atoms with Crippen molar-refractivity contribution in [2.45, 2.75) is 13.0 Å². The largest absolute Gasteiger partial charge is 0.378 e. The Hall–Kier alpha value is -2.37. The van der Waals surface area contributed by atoms with Crippen LogP contribution < -0.4 is 10.8 Å². The van der Waals surface area contributed by atoms with Gasteiger partial charge in [0.1, 0.15) is 0 Å². The number of aromatic nitrogens is 1. The summed E-state index contributed by atoms with van der Waals surface area (Å²) in [5.74, 6) is 0. The molecule has 0 atom stereocenters. The molecule has 1 aromatic carbocycles. The summed E-state index contributed by atoms with van der Waals surface area (Å²) in [5, 5.41) is 3.43. The molecule has 1 aliphatic heterocycles. The molecule has 120 valence electrons. The second kappa shape index (κ2) is 7.76. The van der Waals surface area contributed by atoms with Crippen molar-refractivity contribution < 1.29 is 9.57 Å². The third-order valence-electron chi connectivity index (χ3n) is 3.75. The Balaban J connectivity index is 1.81. The van der Waals surface area contributed by atoms with Gasteiger partial charge in [-0.3, -0.25) is 15.3 Å². The lowest BCUT2D eigenvalue weighted by atomic mass is 10.0. The van der Waals surface area contributed by atoms with Crippen LogP contribution in [-0.4, -0.2) is 25.3 Å². The second-order valence-corrected chi connectivity index (χ2v) is 5.30. The van der Waals surface area contributed by atoms with Gasteiger partial charge in [0.2, 0.25) is 0 Å². The fourth-order valence-electron chi connectivity index (χ4n) is 2.57. The van der Waals surface area contributed by atoms with Crippen molar-refractivity contribution in [3.8, 4) is 0 Å². The molecule has 0 bridgehead atoms. The van der Waals surface area contributed by atoms with Crippen LogP contribution in [0, 0.1) is 0 Å². The first-order valence-corrected chi connectivity index (χ1v) is 7.71. The van der Waals surface area contributed by atoms with Gasteiger partial charge in [-0.25, -0.2) is 0 Å². The zero-order valence-corrected chi connectivity index (χ0v) is 13.2. The van der Waals surface area contributed by atoms with Gasteiger partial charge in [-0.2, -0.15) is 0 Å². The lowest BCUT2D eigenvalue weighted by molar-refractivity contribution is 0.161. The Labute approximate surface area is 136 Å². The zero-order chi connectivity index (χ0) is 15.9. The topological polar surface area (TPSA) is 55.4 Å². The number of nitrogens with one attached hydrogen (secondary N) is 2. The summed E-state index contributed by atoms with van der Waals surface area (Å²) in [4.78, 5) is 9.41. The number of anilines is 2. The molecule has 2 N–H and O–H groups in total. The van der Waals surface area contributed by atoms with Gasteiger partial charge in [0.05, 0.1) is 43.9 Å². The first-order chi connectivity index (χ1) is 11.4. The fourth-order valence-corrected chi connectivity index (χ4v) is 2.57. The van der Waals surface area contributed by atoms with Crippen molar-refractivity contribution in [3.05, 3.63) is 59.9 Å². The van der Waals surface area contributed by atoms with Crippen LogP contribution in [0.15, 0.2) is 48.7 Å². The minimum absolute atomic E-state index is 0.658. The van der Waals surface area contributed by atoms with Crippen molar-refractivity contribution in [2.75, 3.05) is 31.1 Å². The Bertz CT molecular complexity index is 671. The number of nitrogens with zero attached hydrogens (tertiary/aromatic N) is 1. The maximum Gasteiger partial charge on any atom is 0.0836 e. The van der Waals surface area contributed by atoms with Crippen LogP contribution in [0.25, 0.3) is 5.57 Å². The van der Waals surface area contributed by atoms with Crippen molar-refractivity contribution >= 4 is 16.9 Å². The Morgan fingerprint density at radius 3 is 2.91 bits per heavy atom. The van der Waals surface area contributed by atoms with Crippen LogP contribution in [0.2, 0.25) is 0 Å². The van der Waals surface area contributed by atoms with Crippen molar-refractivity contribution in [1.29, 1.82) is 0 Å². The molecule has 23 heavy (non-hydrogen) atoms. The van der Waals surface area contributed by atoms with E-state index in [1.54, 1.807) is 13.3 Å². The third-order valence-corrected chi connectivity index (χ3v) is 3.75. The van der Waals surface area contributed by atoms with E-state index in [0.717, 1.165) is 30.1 Å².